The molecule has 0 saturated heterocycles. The van der Waals surface area contributed by atoms with E-state index in [4.69, 9.17) is 9.47 Å². The summed E-state index contributed by atoms with van der Waals surface area (Å²) in [5.41, 5.74) is 1.80. The molecule has 204 valence electrons. The molecule has 10 heteroatoms. The van der Waals surface area contributed by atoms with Crippen molar-refractivity contribution in [1.29, 1.82) is 0 Å². The molecule has 3 rings (SSSR count). The Bertz CT molecular complexity index is 1350. The van der Waals surface area contributed by atoms with Gasteiger partial charge >= 0.3 is 10.2 Å². The molecule has 0 aliphatic heterocycles. The Morgan fingerprint density at radius 3 is 2.18 bits per heavy atom. The molecule has 1 amide bonds. The lowest BCUT2D eigenvalue weighted by Gasteiger charge is -2.27. The second-order valence-corrected chi connectivity index (χ2v) is 10.8. The Labute approximate surface area is 224 Å². The van der Waals surface area contributed by atoms with E-state index in [-0.39, 0.29) is 24.2 Å². The number of hydrogen-bond acceptors (Lipinski definition) is 5. The van der Waals surface area contributed by atoms with Crippen LogP contribution in [0.2, 0.25) is 0 Å². The normalized spacial score (nSPS) is 12.2. The molecule has 3 aromatic rings. The van der Waals surface area contributed by atoms with E-state index in [2.05, 4.69) is 5.32 Å². The van der Waals surface area contributed by atoms with E-state index < -0.39 is 16.0 Å². The van der Waals surface area contributed by atoms with Gasteiger partial charge in [0.2, 0.25) is 0 Å². The van der Waals surface area contributed by atoms with E-state index in [1.807, 2.05) is 39.0 Å². The van der Waals surface area contributed by atoms with Gasteiger partial charge in [-0.3, -0.25) is 9.10 Å². The maximum absolute atomic E-state index is 14.5. The van der Waals surface area contributed by atoms with Crippen LogP contribution in [-0.4, -0.2) is 45.9 Å². The number of carbonyl (C=O) groups excluding carboxylic acids is 1. The van der Waals surface area contributed by atoms with Crippen molar-refractivity contribution in [3.05, 3.63) is 89.2 Å². The summed E-state index contributed by atoms with van der Waals surface area (Å²) in [5, 5.41) is 2.97. The number of halogens is 1. The number of para-hydroxylation sites is 1. The van der Waals surface area contributed by atoms with Crippen LogP contribution >= 0.6 is 0 Å². The third-order valence-electron chi connectivity index (χ3n) is 5.82. The fraction of sp³-hybridized carbons (Fsp3) is 0.321. The SMILES string of the molecule is CCOc1ccc([C@H](C)NC(=O)c2ccc(CN(c3ccccc3F)S(=O)(=O)N(C)C)cc2)cc1OCC. The summed E-state index contributed by atoms with van der Waals surface area (Å²) < 4.78 is 53.7. The lowest BCUT2D eigenvalue weighted by atomic mass is 10.1. The van der Waals surface area contributed by atoms with Gasteiger partial charge in [-0.2, -0.15) is 12.7 Å². The Morgan fingerprint density at radius 2 is 1.58 bits per heavy atom. The molecule has 0 heterocycles. The van der Waals surface area contributed by atoms with Crippen LogP contribution in [0.15, 0.2) is 66.7 Å². The molecule has 0 aliphatic carbocycles. The van der Waals surface area contributed by atoms with Gasteiger partial charge in [-0.25, -0.2) is 4.39 Å². The number of benzene rings is 3. The molecular weight excluding hydrogens is 509 g/mol. The van der Waals surface area contributed by atoms with E-state index >= 15 is 0 Å². The highest BCUT2D eigenvalue weighted by atomic mass is 32.2. The molecule has 0 unspecified atom stereocenters. The molecule has 0 fully saturated rings. The second kappa shape index (κ2) is 12.7. The minimum atomic E-state index is -3.97. The van der Waals surface area contributed by atoms with Crippen molar-refractivity contribution in [2.45, 2.75) is 33.4 Å². The first-order valence-corrected chi connectivity index (χ1v) is 13.7. The van der Waals surface area contributed by atoms with Crippen molar-refractivity contribution in [3.63, 3.8) is 0 Å². The molecule has 1 atom stereocenters. The number of carbonyl (C=O) groups is 1. The van der Waals surface area contributed by atoms with Crippen LogP contribution in [0.5, 0.6) is 11.5 Å². The Morgan fingerprint density at radius 1 is 0.947 bits per heavy atom. The number of hydrogen-bond donors (Lipinski definition) is 1. The average molecular weight is 544 g/mol. The van der Waals surface area contributed by atoms with Gasteiger partial charge in [0.05, 0.1) is 31.5 Å². The summed E-state index contributed by atoms with van der Waals surface area (Å²) in [7, 11) is -1.20. The zero-order valence-corrected chi connectivity index (χ0v) is 23.1. The molecule has 0 spiro atoms. The summed E-state index contributed by atoms with van der Waals surface area (Å²) in [6.45, 7) is 6.56. The maximum atomic E-state index is 14.5. The Hall–Kier alpha value is -3.63. The number of nitrogens with zero attached hydrogens (tertiary/aromatic N) is 2. The van der Waals surface area contributed by atoms with Crippen LogP contribution in [0, 0.1) is 5.82 Å². The van der Waals surface area contributed by atoms with E-state index in [9.17, 15) is 17.6 Å². The first kappa shape index (κ1) is 28.9. The molecule has 0 aliphatic rings. The highest BCUT2D eigenvalue weighted by molar-refractivity contribution is 7.90. The lowest BCUT2D eigenvalue weighted by molar-refractivity contribution is 0.0939. The minimum absolute atomic E-state index is 0.0568. The fourth-order valence-corrected chi connectivity index (χ4v) is 4.87. The van der Waals surface area contributed by atoms with Gasteiger partial charge in [0, 0.05) is 19.7 Å². The summed E-state index contributed by atoms with van der Waals surface area (Å²) >= 11 is 0. The van der Waals surface area contributed by atoms with Gasteiger partial charge in [0.1, 0.15) is 5.82 Å². The molecule has 1 N–H and O–H groups in total. The van der Waals surface area contributed by atoms with Gasteiger partial charge in [0.15, 0.2) is 11.5 Å². The summed E-state index contributed by atoms with van der Waals surface area (Å²) in [6, 6.07) is 17.5. The van der Waals surface area contributed by atoms with Gasteiger partial charge in [-0.15, -0.1) is 0 Å². The molecule has 0 radical (unpaired) electrons. The van der Waals surface area contributed by atoms with E-state index in [1.54, 1.807) is 30.3 Å². The molecule has 0 bridgehead atoms. The topological polar surface area (TPSA) is 88.2 Å². The van der Waals surface area contributed by atoms with Crippen molar-refractivity contribution in [2.24, 2.45) is 0 Å². The maximum Gasteiger partial charge on any atom is 0.303 e. The summed E-state index contributed by atoms with van der Waals surface area (Å²) in [4.78, 5) is 12.9. The summed E-state index contributed by atoms with van der Waals surface area (Å²) in [5.74, 6) is 0.324. The second-order valence-electron chi connectivity index (χ2n) is 8.71. The molecule has 8 nitrogen and oxygen atoms in total. The van der Waals surface area contributed by atoms with Gasteiger partial charge in [-0.05, 0) is 68.3 Å². The quantitative estimate of drug-likeness (QED) is 0.350. The van der Waals surface area contributed by atoms with Crippen molar-refractivity contribution < 1.29 is 27.1 Å². The van der Waals surface area contributed by atoms with Gasteiger partial charge in [-0.1, -0.05) is 30.3 Å². The average Bonchev–Trinajstić information content (AvgIpc) is 2.89. The van der Waals surface area contributed by atoms with Crippen LogP contribution in [-0.2, 0) is 16.8 Å². The highest BCUT2D eigenvalue weighted by Crippen LogP contribution is 2.31. The van der Waals surface area contributed by atoms with Crippen molar-refractivity contribution in [3.8, 4) is 11.5 Å². The predicted octanol–water partition coefficient (Wildman–Crippen LogP) is 4.93. The van der Waals surface area contributed by atoms with Crippen LogP contribution in [0.3, 0.4) is 0 Å². The number of nitrogens with one attached hydrogen (secondary N) is 1. The van der Waals surface area contributed by atoms with Crippen LogP contribution in [0.1, 0.15) is 48.3 Å². The smallest absolute Gasteiger partial charge is 0.303 e. The molecule has 3 aromatic carbocycles. The number of anilines is 1. The van der Waals surface area contributed by atoms with Crippen molar-refractivity contribution in [1.82, 2.24) is 9.62 Å². The van der Waals surface area contributed by atoms with E-state index in [1.165, 1.54) is 32.3 Å². The Balaban J connectivity index is 1.76. The number of rotatable bonds is 12. The zero-order chi connectivity index (χ0) is 27.9. The third kappa shape index (κ3) is 6.81. The van der Waals surface area contributed by atoms with Crippen molar-refractivity contribution >= 4 is 21.8 Å². The molecule has 0 saturated carbocycles. The first-order chi connectivity index (χ1) is 18.1. The molecular formula is C28H34FN3O5S. The highest BCUT2D eigenvalue weighted by Gasteiger charge is 2.27. The van der Waals surface area contributed by atoms with Crippen molar-refractivity contribution in [2.75, 3.05) is 31.6 Å². The van der Waals surface area contributed by atoms with Crippen LogP contribution in [0.4, 0.5) is 10.1 Å². The monoisotopic (exact) mass is 543 g/mol. The first-order valence-electron chi connectivity index (χ1n) is 12.3. The minimum Gasteiger partial charge on any atom is -0.490 e. The number of amides is 1. The van der Waals surface area contributed by atoms with E-state index in [0.29, 0.717) is 35.8 Å². The van der Waals surface area contributed by atoms with Gasteiger partial charge in [0.25, 0.3) is 5.91 Å². The molecule has 0 aromatic heterocycles. The lowest BCUT2D eigenvalue weighted by Crippen LogP contribution is -2.40. The predicted molar refractivity (Wildman–Crippen MR) is 146 cm³/mol. The zero-order valence-electron chi connectivity index (χ0n) is 22.3. The van der Waals surface area contributed by atoms with Crippen LogP contribution < -0.4 is 19.1 Å². The van der Waals surface area contributed by atoms with Crippen LogP contribution in [0.25, 0.3) is 0 Å². The largest absolute Gasteiger partial charge is 0.490 e. The Kier molecular flexibility index (Phi) is 9.71. The van der Waals surface area contributed by atoms with Gasteiger partial charge < -0.3 is 14.8 Å². The fourth-order valence-electron chi connectivity index (χ4n) is 3.77. The third-order valence-corrected chi connectivity index (χ3v) is 7.62. The standard InChI is InChI=1S/C28H34FN3O5S/c1-6-36-26-17-16-23(18-27(26)37-7-2)20(3)30-28(33)22-14-12-21(13-15-22)19-32(38(34,35)31(4)5)25-11-9-8-10-24(25)29/h8-18,20H,6-7,19H2,1-5H3,(H,30,33)/t20-/m0/s1. The summed E-state index contributed by atoms with van der Waals surface area (Å²) in [6.07, 6.45) is 0. The van der Waals surface area contributed by atoms with E-state index in [0.717, 1.165) is 14.2 Å². The number of ether oxygens (including phenoxy) is 2. The molecule has 38 heavy (non-hydrogen) atoms.